The van der Waals surface area contributed by atoms with Gasteiger partial charge in [-0.3, -0.25) is 4.79 Å². The number of rotatable bonds is 3. The zero-order valence-corrected chi connectivity index (χ0v) is 10.7. The molecule has 0 aliphatic rings. The second-order valence-corrected chi connectivity index (χ2v) is 5.62. The number of carbonyl (C=O) groups excluding carboxylic acids is 1. The Kier molecular flexibility index (Phi) is 3.91. The Bertz CT molecular complexity index is 336. The van der Waals surface area contributed by atoms with E-state index in [9.17, 15) is 4.79 Å². The highest BCUT2D eigenvalue weighted by Gasteiger charge is 2.17. The summed E-state index contributed by atoms with van der Waals surface area (Å²) in [5.74, 6) is 0.0450. The van der Waals surface area contributed by atoms with E-state index in [0.29, 0.717) is 0 Å². The van der Waals surface area contributed by atoms with Crippen molar-refractivity contribution in [2.24, 2.45) is 0 Å². The van der Waals surface area contributed by atoms with Crippen LogP contribution in [-0.4, -0.2) is 12.5 Å². The molecule has 0 unspecified atom stereocenters. The second-order valence-electron chi connectivity index (χ2n) is 4.71. The van der Waals surface area contributed by atoms with Crippen LogP contribution in [0.25, 0.3) is 0 Å². The van der Waals surface area contributed by atoms with E-state index in [-0.39, 0.29) is 11.3 Å². The predicted octanol–water partition coefficient (Wildman–Crippen LogP) is 3.19. The Morgan fingerprint density at radius 2 is 2.13 bits per heavy atom. The van der Waals surface area contributed by atoms with Gasteiger partial charge in [-0.25, -0.2) is 0 Å². The first-order valence-electron chi connectivity index (χ1n) is 5.32. The first-order chi connectivity index (χ1) is 6.95. The summed E-state index contributed by atoms with van der Waals surface area (Å²) < 4.78 is 0. The Labute approximate surface area is 95.7 Å². The largest absolute Gasteiger partial charge is 0.352 e. The van der Waals surface area contributed by atoms with Gasteiger partial charge >= 0.3 is 0 Å². The molecule has 0 bridgehead atoms. The van der Waals surface area contributed by atoms with E-state index in [4.69, 9.17) is 0 Å². The van der Waals surface area contributed by atoms with Crippen molar-refractivity contribution in [2.75, 3.05) is 6.54 Å². The van der Waals surface area contributed by atoms with Crippen LogP contribution in [0.1, 0.15) is 49.4 Å². The second kappa shape index (κ2) is 4.79. The number of hydrogen-bond acceptors (Lipinski definition) is 2. The summed E-state index contributed by atoms with van der Waals surface area (Å²) >= 11 is 1.66. The van der Waals surface area contributed by atoms with Crippen molar-refractivity contribution in [3.63, 3.8) is 0 Å². The molecular formula is C12H19NOS. The molecule has 0 spiro atoms. The summed E-state index contributed by atoms with van der Waals surface area (Å²) in [6.07, 6.45) is 0.974. The lowest BCUT2D eigenvalue weighted by Gasteiger charge is -2.15. The smallest absolute Gasteiger partial charge is 0.252 e. The van der Waals surface area contributed by atoms with Gasteiger partial charge in [-0.05, 0) is 17.9 Å². The third kappa shape index (κ3) is 3.34. The molecule has 1 heterocycles. The summed E-state index contributed by atoms with van der Waals surface area (Å²) in [6, 6.07) is 2.00. The lowest BCUT2D eigenvalue weighted by molar-refractivity contribution is 0.0954. The molecule has 0 atom stereocenters. The van der Waals surface area contributed by atoms with Gasteiger partial charge in [0.05, 0.1) is 5.56 Å². The molecule has 0 saturated heterocycles. The third-order valence-corrected chi connectivity index (χ3v) is 3.49. The highest BCUT2D eigenvalue weighted by atomic mass is 32.1. The SMILES string of the molecule is CCCNC(=O)c1csc(C(C)(C)C)c1. The maximum absolute atomic E-state index is 11.6. The van der Waals surface area contributed by atoms with Gasteiger partial charge in [0.2, 0.25) is 0 Å². The Hall–Kier alpha value is -0.830. The molecule has 2 nitrogen and oxygen atoms in total. The lowest BCUT2D eigenvalue weighted by atomic mass is 9.94. The average Bonchev–Trinajstić information content (AvgIpc) is 2.62. The fraction of sp³-hybridized carbons (Fsp3) is 0.583. The number of thiophene rings is 1. The van der Waals surface area contributed by atoms with Gasteiger partial charge in [0.25, 0.3) is 5.91 Å². The van der Waals surface area contributed by atoms with Crippen molar-refractivity contribution in [3.05, 3.63) is 21.9 Å². The number of hydrogen-bond donors (Lipinski definition) is 1. The standard InChI is InChI=1S/C12H19NOS/c1-5-6-13-11(14)9-7-10(15-8-9)12(2,3)4/h7-8H,5-6H2,1-4H3,(H,13,14). The quantitative estimate of drug-likeness (QED) is 0.841. The van der Waals surface area contributed by atoms with Crippen molar-refractivity contribution in [2.45, 2.75) is 39.5 Å². The van der Waals surface area contributed by atoms with E-state index in [1.54, 1.807) is 11.3 Å². The molecular weight excluding hydrogens is 206 g/mol. The molecule has 0 aliphatic carbocycles. The summed E-state index contributed by atoms with van der Waals surface area (Å²) in [7, 11) is 0. The molecule has 1 aromatic heterocycles. The molecule has 0 saturated carbocycles. The van der Waals surface area contributed by atoms with Gasteiger partial charge in [0.15, 0.2) is 0 Å². The lowest BCUT2D eigenvalue weighted by Crippen LogP contribution is -2.23. The molecule has 3 heteroatoms. The number of amides is 1. The Balaban J connectivity index is 2.72. The van der Waals surface area contributed by atoms with Crippen molar-refractivity contribution >= 4 is 17.2 Å². The maximum atomic E-state index is 11.6. The molecule has 0 fully saturated rings. The fourth-order valence-electron chi connectivity index (χ4n) is 1.19. The molecule has 1 amide bonds. The van der Waals surface area contributed by atoms with E-state index in [0.717, 1.165) is 18.5 Å². The third-order valence-electron chi connectivity index (χ3n) is 2.14. The average molecular weight is 225 g/mol. The summed E-state index contributed by atoms with van der Waals surface area (Å²) in [4.78, 5) is 12.9. The Morgan fingerprint density at radius 1 is 1.47 bits per heavy atom. The number of nitrogens with one attached hydrogen (secondary N) is 1. The minimum absolute atomic E-state index is 0.0450. The molecule has 0 aliphatic heterocycles. The molecule has 0 aromatic carbocycles. The van der Waals surface area contributed by atoms with Crippen molar-refractivity contribution in [1.82, 2.24) is 5.32 Å². The topological polar surface area (TPSA) is 29.1 Å². The molecule has 1 aromatic rings. The minimum Gasteiger partial charge on any atom is -0.352 e. The number of carbonyl (C=O) groups is 1. The first-order valence-corrected chi connectivity index (χ1v) is 6.20. The van der Waals surface area contributed by atoms with Gasteiger partial charge in [-0.15, -0.1) is 11.3 Å². The van der Waals surface area contributed by atoms with E-state index in [1.807, 2.05) is 11.4 Å². The monoisotopic (exact) mass is 225 g/mol. The van der Waals surface area contributed by atoms with Crippen molar-refractivity contribution in [1.29, 1.82) is 0 Å². The molecule has 0 radical (unpaired) electrons. The normalized spacial score (nSPS) is 11.5. The minimum atomic E-state index is 0.0450. The first kappa shape index (κ1) is 12.2. The van der Waals surface area contributed by atoms with E-state index in [1.165, 1.54) is 4.88 Å². The molecule has 1 N–H and O–H groups in total. The van der Waals surface area contributed by atoms with E-state index in [2.05, 4.69) is 33.0 Å². The van der Waals surface area contributed by atoms with Crippen LogP contribution in [0.4, 0.5) is 0 Å². The van der Waals surface area contributed by atoms with Crippen LogP contribution in [-0.2, 0) is 5.41 Å². The molecule has 1 rings (SSSR count). The van der Waals surface area contributed by atoms with Crippen LogP contribution in [0.15, 0.2) is 11.4 Å². The zero-order valence-electron chi connectivity index (χ0n) is 9.89. The van der Waals surface area contributed by atoms with Crippen LogP contribution in [0, 0.1) is 0 Å². The van der Waals surface area contributed by atoms with Crippen LogP contribution in [0.3, 0.4) is 0 Å². The van der Waals surface area contributed by atoms with Gasteiger partial charge in [-0.1, -0.05) is 27.7 Å². The molecule has 84 valence electrons. The molecule has 15 heavy (non-hydrogen) atoms. The highest BCUT2D eigenvalue weighted by Crippen LogP contribution is 2.28. The van der Waals surface area contributed by atoms with Crippen molar-refractivity contribution < 1.29 is 4.79 Å². The van der Waals surface area contributed by atoms with Gasteiger partial charge in [0, 0.05) is 16.8 Å². The van der Waals surface area contributed by atoms with Crippen LogP contribution in [0.5, 0.6) is 0 Å². The summed E-state index contributed by atoms with van der Waals surface area (Å²) in [5, 5.41) is 4.82. The summed E-state index contributed by atoms with van der Waals surface area (Å²) in [5.41, 5.74) is 0.923. The predicted molar refractivity (Wildman–Crippen MR) is 65.6 cm³/mol. The summed E-state index contributed by atoms with van der Waals surface area (Å²) in [6.45, 7) is 9.28. The van der Waals surface area contributed by atoms with Crippen LogP contribution < -0.4 is 5.32 Å². The van der Waals surface area contributed by atoms with E-state index < -0.39 is 0 Å². The zero-order chi connectivity index (χ0) is 11.5. The maximum Gasteiger partial charge on any atom is 0.252 e. The Morgan fingerprint density at radius 3 is 2.60 bits per heavy atom. The van der Waals surface area contributed by atoms with Gasteiger partial charge in [0.1, 0.15) is 0 Å². The van der Waals surface area contributed by atoms with E-state index >= 15 is 0 Å². The highest BCUT2D eigenvalue weighted by molar-refractivity contribution is 7.10. The fourth-order valence-corrected chi connectivity index (χ4v) is 2.17. The van der Waals surface area contributed by atoms with Crippen LogP contribution in [0.2, 0.25) is 0 Å². The van der Waals surface area contributed by atoms with Gasteiger partial charge < -0.3 is 5.32 Å². The van der Waals surface area contributed by atoms with Crippen LogP contribution >= 0.6 is 11.3 Å². The van der Waals surface area contributed by atoms with Crippen molar-refractivity contribution in [3.8, 4) is 0 Å². The van der Waals surface area contributed by atoms with Gasteiger partial charge in [-0.2, -0.15) is 0 Å².